The Hall–Kier alpha value is -4.14. The van der Waals surface area contributed by atoms with Gasteiger partial charge >= 0.3 is 0 Å². The van der Waals surface area contributed by atoms with Crippen LogP contribution in [0.1, 0.15) is 54.5 Å². The van der Waals surface area contributed by atoms with Crippen LogP contribution in [0, 0.1) is 6.92 Å². The van der Waals surface area contributed by atoms with Crippen molar-refractivity contribution in [3.05, 3.63) is 101 Å². The Kier molecular flexibility index (Phi) is 10.7. The Morgan fingerprint density at radius 3 is 2.32 bits per heavy atom. The molecule has 2 heterocycles. The number of carbonyl (C=O) groups is 2. The van der Waals surface area contributed by atoms with E-state index in [2.05, 4.69) is 17.9 Å². The number of unbranched alkanes of at least 4 members (excludes halogenated alkanes) is 1. The lowest BCUT2D eigenvalue weighted by Gasteiger charge is -2.29. The van der Waals surface area contributed by atoms with Crippen molar-refractivity contribution in [1.29, 1.82) is 0 Å². The maximum absolute atomic E-state index is 13.5. The average Bonchev–Trinajstić information content (AvgIpc) is 3.30. The summed E-state index contributed by atoms with van der Waals surface area (Å²) in [5, 5.41) is 11.5. The summed E-state index contributed by atoms with van der Waals surface area (Å²) >= 11 is 0. The fourth-order valence-corrected chi connectivity index (χ4v) is 5.66. The molecule has 1 unspecified atom stereocenters. The number of Topliss-reactive ketones (excluding diaryl/α,β-unsaturated/α-hetero) is 1. The highest BCUT2D eigenvalue weighted by Crippen LogP contribution is 2.40. The first-order chi connectivity index (χ1) is 21.4. The number of nitrogens with zero attached hydrogens (tertiary/aromatic N) is 2. The highest BCUT2D eigenvalue weighted by Gasteiger charge is 2.45. The van der Waals surface area contributed by atoms with Crippen LogP contribution < -0.4 is 9.47 Å². The number of carbonyl (C=O) groups excluding carboxylic acids is 2. The molecule has 3 aromatic carbocycles. The molecule has 2 aliphatic heterocycles. The lowest BCUT2D eigenvalue weighted by molar-refractivity contribution is -0.140. The highest BCUT2D eigenvalue weighted by atomic mass is 16.5. The van der Waals surface area contributed by atoms with Crippen LogP contribution in [0.4, 0.5) is 0 Å². The summed E-state index contributed by atoms with van der Waals surface area (Å²) in [6.45, 7) is 9.50. The molecule has 0 bridgehead atoms. The molecule has 8 nitrogen and oxygen atoms in total. The molecule has 2 saturated heterocycles. The van der Waals surface area contributed by atoms with Crippen LogP contribution in [-0.2, 0) is 20.9 Å². The standard InChI is InChI=1S/C36H42N2O6/c1-3-4-21-43-30-13-9-28(10-14-30)33-32(35(40)36(41)38(33)18-6-17-37-19-22-42-23-20-37)34(39)29-11-15-31(16-12-29)44-25-27-8-5-7-26(2)24-27/h5,7-16,24,33,39H,3-4,6,17-23,25H2,1-2H3. The third-order valence-electron chi connectivity index (χ3n) is 8.10. The fourth-order valence-electron chi connectivity index (χ4n) is 5.66. The van der Waals surface area contributed by atoms with Gasteiger partial charge in [-0.3, -0.25) is 14.5 Å². The van der Waals surface area contributed by atoms with Crippen molar-refractivity contribution in [1.82, 2.24) is 9.80 Å². The summed E-state index contributed by atoms with van der Waals surface area (Å²) in [5.41, 5.74) is 3.51. The van der Waals surface area contributed by atoms with E-state index in [1.54, 1.807) is 29.2 Å². The molecule has 0 aromatic heterocycles. The van der Waals surface area contributed by atoms with Crippen LogP contribution in [-0.4, -0.2) is 72.6 Å². The Morgan fingerprint density at radius 1 is 0.909 bits per heavy atom. The second kappa shape index (κ2) is 15.0. The number of aryl methyl sites for hydroxylation is 1. The topological polar surface area (TPSA) is 88.5 Å². The minimum atomic E-state index is -0.707. The van der Waals surface area contributed by atoms with Gasteiger partial charge in [-0.1, -0.05) is 55.3 Å². The van der Waals surface area contributed by atoms with E-state index in [-0.39, 0.29) is 11.3 Å². The van der Waals surface area contributed by atoms with Crippen molar-refractivity contribution in [2.24, 2.45) is 0 Å². The van der Waals surface area contributed by atoms with E-state index >= 15 is 0 Å². The van der Waals surface area contributed by atoms with Gasteiger partial charge < -0.3 is 24.2 Å². The molecule has 0 radical (unpaired) electrons. The molecule has 5 rings (SSSR count). The number of amides is 1. The highest BCUT2D eigenvalue weighted by molar-refractivity contribution is 6.46. The largest absolute Gasteiger partial charge is 0.507 e. The van der Waals surface area contributed by atoms with Crippen LogP contribution in [0.5, 0.6) is 11.5 Å². The molecule has 0 saturated carbocycles. The number of likely N-dealkylation sites (tertiary alicyclic amines) is 1. The monoisotopic (exact) mass is 598 g/mol. The molecule has 8 heteroatoms. The SMILES string of the molecule is CCCCOc1ccc(C2C(=C(O)c3ccc(OCc4cccc(C)c4)cc3)C(=O)C(=O)N2CCCN2CCOCC2)cc1. The molecule has 0 aliphatic carbocycles. The lowest BCUT2D eigenvalue weighted by Crippen LogP contribution is -2.38. The molecular weight excluding hydrogens is 556 g/mol. The van der Waals surface area contributed by atoms with Crippen LogP contribution in [0.25, 0.3) is 5.76 Å². The van der Waals surface area contributed by atoms with Gasteiger partial charge in [-0.25, -0.2) is 0 Å². The molecule has 1 atom stereocenters. The van der Waals surface area contributed by atoms with Crippen molar-refractivity contribution >= 4 is 17.4 Å². The van der Waals surface area contributed by atoms with Gasteiger partial charge in [0.15, 0.2) is 0 Å². The number of benzene rings is 3. The predicted octanol–water partition coefficient (Wildman–Crippen LogP) is 5.90. The first-order valence-corrected chi connectivity index (χ1v) is 15.5. The first kappa shape index (κ1) is 31.3. The summed E-state index contributed by atoms with van der Waals surface area (Å²) in [6, 6.07) is 21.9. The Bertz CT molecular complexity index is 1440. The number of ether oxygens (including phenoxy) is 3. The van der Waals surface area contributed by atoms with Gasteiger partial charge in [0.25, 0.3) is 11.7 Å². The minimum absolute atomic E-state index is 0.0921. The molecule has 3 aromatic rings. The maximum atomic E-state index is 13.5. The third-order valence-corrected chi connectivity index (χ3v) is 8.10. The first-order valence-electron chi connectivity index (χ1n) is 15.5. The minimum Gasteiger partial charge on any atom is -0.507 e. The average molecular weight is 599 g/mol. The van der Waals surface area contributed by atoms with E-state index in [0.717, 1.165) is 54.9 Å². The van der Waals surface area contributed by atoms with Gasteiger partial charge in [0.1, 0.15) is 23.9 Å². The van der Waals surface area contributed by atoms with Crippen LogP contribution in [0.2, 0.25) is 0 Å². The molecule has 2 fully saturated rings. The van der Waals surface area contributed by atoms with Gasteiger partial charge in [0.05, 0.1) is 31.4 Å². The smallest absolute Gasteiger partial charge is 0.295 e. The number of hydrogen-bond acceptors (Lipinski definition) is 7. The van der Waals surface area contributed by atoms with Gasteiger partial charge in [0.2, 0.25) is 0 Å². The quantitative estimate of drug-likeness (QED) is 0.114. The third kappa shape index (κ3) is 7.68. The van der Waals surface area contributed by atoms with E-state index in [1.807, 2.05) is 49.4 Å². The molecular formula is C36H42N2O6. The summed E-state index contributed by atoms with van der Waals surface area (Å²) in [4.78, 5) is 30.8. The van der Waals surface area contributed by atoms with Crippen LogP contribution >= 0.6 is 0 Å². The predicted molar refractivity (Wildman–Crippen MR) is 170 cm³/mol. The maximum Gasteiger partial charge on any atom is 0.295 e. The molecule has 1 amide bonds. The second-order valence-electron chi connectivity index (χ2n) is 11.4. The fraction of sp³-hybridized carbons (Fsp3) is 0.389. The van der Waals surface area contributed by atoms with Crippen molar-refractivity contribution in [2.75, 3.05) is 46.0 Å². The number of morpholine rings is 1. The summed E-state index contributed by atoms with van der Waals surface area (Å²) in [6.07, 6.45) is 2.70. The van der Waals surface area contributed by atoms with Crippen LogP contribution in [0.15, 0.2) is 78.4 Å². The molecule has 0 spiro atoms. The summed E-state index contributed by atoms with van der Waals surface area (Å²) in [5.74, 6) is -0.103. The molecule has 232 valence electrons. The van der Waals surface area contributed by atoms with Crippen molar-refractivity contribution < 1.29 is 28.9 Å². The van der Waals surface area contributed by atoms with E-state index in [4.69, 9.17) is 14.2 Å². The second-order valence-corrected chi connectivity index (χ2v) is 11.4. The van der Waals surface area contributed by atoms with E-state index in [0.29, 0.717) is 50.7 Å². The van der Waals surface area contributed by atoms with Crippen molar-refractivity contribution in [2.45, 2.75) is 45.8 Å². The van der Waals surface area contributed by atoms with Gasteiger partial charge in [0, 0.05) is 31.7 Å². The Balaban J connectivity index is 1.38. The summed E-state index contributed by atoms with van der Waals surface area (Å²) in [7, 11) is 0. The zero-order valence-corrected chi connectivity index (χ0v) is 25.7. The van der Waals surface area contributed by atoms with E-state index < -0.39 is 17.7 Å². The van der Waals surface area contributed by atoms with Crippen LogP contribution in [0.3, 0.4) is 0 Å². The Labute approximate surface area is 259 Å². The number of hydrogen-bond donors (Lipinski definition) is 1. The number of aliphatic hydroxyl groups is 1. The summed E-state index contributed by atoms with van der Waals surface area (Å²) < 4.78 is 17.2. The molecule has 1 N–H and O–H groups in total. The lowest BCUT2D eigenvalue weighted by atomic mass is 9.95. The molecule has 44 heavy (non-hydrogen) atoms. The number of rotatable bonds is 13. The van der Waals surface area contributed by atoms with Gasteiger partial charge in [-0.05, 0) is 67.3 Å². The van der Waals surface area contributed by atoms with Gasteiger partial charge in [-0.15, -0.1) is 0 Å². The zero-order chi connectivity index (χ0) is 30.9. The Morgan fingerprint density at radius 2 is 1.61 bits per heavy atom. The van der Waals surface area contributed by atoms with Crippen molar-refractivity contribution in [3.63, 3.8) is 0 Å². The van der Waals surface area contributed by atoms with Gasteiger partial charge in [-0.2, -0.15) is 0 Å². The van der Waals surface area contributed by atoms with E-state index in [1.165, 1.54) is 0 Å². The zero-order valence-electron chi connectivity index (χ0n) is 25.7. The normalized spacial score (nSPS) is 18.5. The molecule has 2 aliphatic rings. The van der Waals surface area contributed by atoms with Crippen molar-refractivity contribution in [3.8, 4) is 11.5 Å². The van der Waals surface area contributed by atoms with E-state index in [9.17, 15) is 14.7 Å². The number of aliphatic hydroxyl groups excluding tert-OH is 1. The number of ketones is 1.